The first kappa shape index (κ1) is 16.2. The van der Waals surface area contributed by atoms with Crippen molar-refractivity contribution in [2.75, 3.05) is 7.05 Å². The SMILES string of the molecule is Cc1ccc(CN(C)S(=O)(=O)c2cnc(Cl)c(Cl)c2)cc1. The number of hydrogen-bond donors (Lipinski definition) is 0. The van der Waals surface area contributed by atoms with E-state index in [-0.39, 0.29) is 21.6 Å². The third-order valence-electron chi connectivity index (χ3n) is 3.01. The van der Waals surface area contributed by atoms with Crippen molar-refractivity contribution in [3.63, 3.8) is 0 Å². The van der Waals surface area contributed by atoms with Crippen LogP contribution >= 0.6 is 23.2 Å². The molecule has 0 aliphatic heterocycles. The Morgan fingerprint density at radius 1 is 1.19 bits per heavy atom. The van der Waals surface area contributed by atoms with Crippen LogP contribution in [0.4, 0.5) is 0 Å². The maximum Gasteiger partial charge on any atom is 0.244 e. The molecule has 1 aromatic heterocycles. The van der Waals surface area contributed by atoms with Gasteiger partial charge in [0.25, 0.3) is 0 Å². The van der Waals surface area contributed by atoms with Gasteiger partial charge in [-0.05, 0) is 18.6 Å². The Balaban J connectivity index is 2.25. The fraction of sp³-hybridized carbons (Fsp3) is 0.214. The molecule has 21 heavy (non-hydrogen) atoms. The monoisotopic (exact) mass is 344 g/mol. The largest absolute Gasteiger partial charge is 0.244 e. The Kier molecular flexibility index (Phi) is 4.88. The number of nitrogens with zero attached hydrogens (tertiary/aromatic N) is 2. The molecule has 0 aliphatic carbocycles. The zero-order valence-corrected chi connectivity index (χ0v) is 13.9. The fourth-order valence-corrected chi connectivity index (χ4v) is 3.23. The molecule has 0 bridgehead atoms. The van der Waals surface area contributed by atoms with Gasteiger partial charge in [0.1, 0.15) is 10.0 Å². The van der Waals surface area contributed by atoms with Crippen molar-refractivity contribution in [1.82, 2.24) is 9.29 Å². The summed E-state index contributed by atoms with van der Waals surface area (Å²) in [4.78, 5) is 3.79. The molecule has 0 radical (unpaired) electrons. The smallest absolute Gasteiger partial charge is 0.242 e. The van der Waals surface area contributed by atoms with Gasteiger partial charge in [-0.2, -0.15) is 4.31 Å². The average Bonchev–Trinajstić information content (AvgIpc) is 2.44. The van der Waals surface area contributed by atoms with E-state index in [4.69, 9.17) is 23.2 Å². The molecule has 112 valence electrons. The summed E-state index contributed by atoms with van der Waals surface area (Å²) in [5, 5.41) is 0.193. The van der Waals surface area contributed by atoms with Gasteiger partial charge in [-0.15, -0.1) is 0 Å². The molecule has 0 atom stereocenters. The summed E-state index contributed by atoms with van der Waals surface area (Å²) in [6.45, 7) is 2.24. The van der Waals surface area contributed by atoms with Gasteiger partial charge in [0.2, 0.25) is 10.0 Å². The first-order valence-corrected chi connectivity index (χ1v) is 8.33. The number of halogens is 2. The molecule has 0 fully saturated rings. The molecule has 1 aromatic carbocycles. The third kappa shape index (κ3) is 3.74. The quantitative estimate of drug-likeness (QED) is 0.797. The lowest BCUT2D eigenvalue weighted by Crippen LogP contribution is -2.26. The molecule has 4 nitrogen and oxygen atoms in total. The van der Waals surface area contributed by atoms with Gasteiger partial charge in [0.15, 0.2) is 0 Å². The number of benzene rings is 1. The van der Waals surface area contributed by atoms with Crippen LogP contribution in [0.1, 0.15) is 11.1 Å². The second-order valence-corrected chi connectivity index (χ2v) is 7.50. The Labute approximate surface area is 134 Å². The molecule has 0 unspecified atom stereocenters. The number of aryl methyl sites for hydroxylation is 1. The van der Waals surface area contributed by atoms with Crippen LogP contribution in [-0.4, -0.2) is 24.8 Å². The van der Waals surface area contributed by atoms with Gasteiger partial charge in [-0.3, -0.25) is 0 Å². The Morgan fingerprint density at radius 3 is 2.38 bits per heavy atom. The molecule has 1 heterocycles. The highest BCUT2D eigenvalue weighted by Crippen LogP contribution is 2.24. The second kappa shape index (κ2) is 6.32. The highest BCUT2D eigenvalue weighted by Gasteiger charge is 2.22. The maximum atomic E-state index is 12.5. The predicted octanol–water partition coefficient (Wildman–Crippen LogP) is 3.52. The first-order valence-electron chi connectivity index (χ1n) is 6.13. The Hall–Kier alpha value is -1.14. The minimum absolute atomic E-state index is 0.0199. The van der Waals surface area contributed by atoms with Crippen molar-refractivity contribution in [2.24, 2.45) is 0 Å². The molecule has 0 aliphatic rings. The summed E-state index contributed by atoms with van der Waals surface area (Å²) in [7, 11) is -2.15. The van der Waals surface area contributed by atoms with Crippen molar-refractivity contribution in [3.8, 4) is 0 Å². The van der Waals surface area contributed by atoms with E-state index in [2.05, 4.69) is 4.98 Å². The summed E-state index contributed by atoms with van der Waals surface area (Å²) in [5.74, 6) is 0. The van der Waals surface area contributed by atoms with Gasteiger partial charge >= 0.3 is 0 Å². The van der Waals surface area contributed by atoms with Gasteiger partial charge in [0, 0.05) is 19.8 Å². The third-order valence-corrected chi connectivity index (χ3v) is 5.46. The normalized spacial score (nSPS) is 11.9. The van der Waals surface area contributed by atoms with Crippen LogP contribution in [0.25, 0.3) is 0 Å². The maximum absolute atomic E-state index is 12.5. The van der Waals surface area contributed by atoms with Gasteiger partial charge < -0.3 is 0 Å². The van der Waals surface area contributed by atoms with Crippen molar-refractivity contribution < 1.29 is 8.42 Å². The van der Waals surface area contributed by atoms with Crippen molar-refractivity contribution >= 4 is 33.2 Å². The zero-order chi connectivity index (χ0) is 15.6. The van der Waals surface area contributed by atoms with E-state index >= 15 is 0 Å². The minimum atomic E-state index is -3.66. The van der Waals surface area contributed by atoms with E-state index in [1.807, 2.05) is 31.2 Å². The van der Waals surface area contributed by atoms with Crippen LogP contribution in [0.5, 0.6) is 0 Å². The lowest BCUT2D eigenvalue weighted by Gasteiger charge is -2.17. The van der Waals surface area contributed by atoms with Crippen molar-refractivity contribution in [3.05, 3.63) is 57.8 Å². The molecule has 2 aromatic rings. The molecule has 0 saturated heterocycles. The van der Waals surface area contributed by atoms with Crippen molar-refractivity contribution in [2.45, 2.75) is 18.4 Å². The molecule has 0 amide bonds. The average molecular weight is 345 g/mol. The van der Waals surface area contributed by atoms with Crippen molar-refractivity contribution in [1.29, 1.82) is 0 Å². The summed E-state index contributed by atoms with van der Waals surface area (Å²) in [6.07, 6.45) is 1.20. The lowest BCUT2D eigenvalue weighted by molar-refractivity contribution is 0.466. The van der Waals surface area contributed by atoms with E-state index in [1.54, 1.807) is 0 Å². The van der Waals surface area contributed by atoms with E-state index in [0.29, 0.717) is 0 Å². The van der Waals surface area contributed by atoms with Crippen LogP contribution in [0.2, 0.25) is 10.2 Å². The summed E-state index contributed by atoms with van der Waals surface area (Å²) in [5.41, 5.74) is 2.03. The number of sulfonamides is 1. The van der Waals surface area contributed by atoms with Crippen LogP contribution in [0, 0.1) is 6.92 Å². The zero-order valence-electron chi connectivity index (χ0n) is 11.5. The standard InChI is InChI=1S/C14H14Cl2N2O2S/c1-10-3-5-11(6-4-10)9-18(2)21(19,20)12-7-13(15)14(16)17-8-12/h3-8H,9H2,1-2H3. The van der Waals surface area contributed by atoms with Gasteiger partial charge in [-0.1, -0.05) is 53.0 Å². The summed E-state index contributed by atoms with van der Waals surface area (Å²) >= 11 is 11.5. The summed E-state index contributed by atoms with van der Waals surface area (Å²) < 4.78 is 26.2. The predicted molar refractivity (Wildman–Crippen MR) is 84.1 cm³/mol. The van der Waals surface area contributed by atoms with E-state index < -0.39 is 10.0 Å². The van der Waals surface area contributed by atoms with E-state index in [1.165, 1.54) is 23.6 Å². The minimum Gasteiger partial charge on any atom is -0.242 e. The Bertz CT molecular complexity index is 746. The summed E-state index contributed by atoms with van der Waals surface area (Å²) in [6, 6.07) is 8.98. The van der Waals surface area contributed by atoms with Crippen LogP contribution in [-0.2, 0) is 16.6 Å². The molecule has 2 rings (SSSR count). The van der Waals surface area contributed by atoms with E-state index in [9.17, 15) is 8.42 Å². The van der Waals surface area contributed by atoms with Gasteiger partial charge in [0.05, 0.1) is 5.02 Å². The molecular weight excluding hydrogens is 331 g/mol. The highest BCUT2D eigenvalue weighted by molar-refractivity contribution is 7.89. The van der Waals surface area contributed by atoms with Gasteiger partial charge in [-0.25, -0.2) is 13.4 Å². The molecule has 0 spiro atoms. The number of aromatic nitrogens is 1. The topological polar surface area (TPSA) is 50.3 Å². The molecule has 0 saturated carbocycles. The van der Waals surface area contributed by atoms with Crippen LogP contribution < -0.4 is 0 Å². The van der Waals surface area contributed by atoms with E-state index in [0.717, 1.165) is 11.1 Å². The first-order chi connectivity index (χ1) is 9.80. The fourth-order valence-electron chi connectivity index (χ4n) is 1.76. The Morgan fingerprint density at radius 2 is 1.81 bits per heavy atom. The molecular formula is C14H14Cl2N2O2S. The highest BCUT2D eigenvalue weighted by atomic mass is 35.5. The second-order valence-electron chi connectivity index (χ2n) is 4.69. The molecule has 7 heteroatoms. The number of rotatable bonds is 4. The van der Waals surface area contributed by atoms with Crippen LogP contribution in [0.15, 0.2) is 41.4 Å². The van der Waals surface area contributed by atoms with Crippen LogP contribution in [0.3, 0.4) is 0 Å². The number of hydrogen-bond acceptors (Lipinski definition) is 3. The lowest BCUT2D eigenvalue weighted by atomic mass is 10.1. The molecule has 0 N–H and O–H groups in total. The number of pyridine rings is 1.